The van der Waals surface area contributed by atoms with E-state index >= 15 is 0 Å². The molecular formula is C80H85Cl13N12O13S2. The molecule has 0 bridgehead atoms. The van der Waals surface area contributed by atoms with Crippen LogP contribution >= 0.6 is 149 Å². The standard InChI is InChI=1S/C18H17Cl2N3O2.C16H14Cl2N4O2.C11H13Cl2NO.C11H11Cl2N.C8H5Cl2N.C7H10N2O2S.C5H10O2.C3H5ClO.CO2.Cl2OS/c1-2-25-16(24)11-7-21-17(22-8-11)23-9-13-6-18(13,10-23)12-3-4-14(19)15(20)5-12;17-12-2-1-10(3-13(12)18)16-4-11(16)7-22(8-16)15-19-5-9(6-20-15)14(23)21-24;12-9-2-1-7(3-10(9)13)11(6-14)4-8(11)5-15;12-9-2-1-7(3-10(9)13)11-4-8(11)5-14-6-11;9-7-2-1-6(3-4-11)5-8(7)10;1-3-6-4-8-7(9-5-6)12(2,10)11;1-4(2)7-5(3)6;4-1-3-2-5-3;2-1-3;1-4(2)3/h3-5,7-8,13H,2,6,9-10H2,1H3;1-3,5-6,11,24H,4,7-8H2,(H,21,23);1-3,8,15H,4-6,14H2;1-3,8,14H,4-6H2;1-2,5H,3H2;4-5H,3H2,1-2H3;4H,1-3H3;3H,1-2H2;;/t13-,18+;11-,16+;2*8-,11+;;;;3-;;/m1111...1../s1. The van der Waals surface area contributed by atoms with Gasteiger partial charge < -0.3 is 40.2 Å². The molecule has 3 aromatic heterocycles. The van der Waals surface area contributed by atoms with E-state index in [2.05, 4.69) is 83.3 Å². The monoisotopic (exact) mass is 1940 g/mol. The molecular weight excluding hydrogens is 1860 g/mol. The number of nitrogens with two attached hydrogens (primary N) is 1. The van der Waals surface area contributed by atoms with Gasteiger partial charge in [0.25, 0.3) is 5.91 Å². The first-order valence-electron chi connectivity index (χ1n) is 36.9. The summed E-state index contributed by atoms with van der Waals surface area (Å²) in [5, 5.41) is 35.2. The Hall–Kier alpha value is -6.11. The molecule has 4 saturated heterocycles. The zero-order valence-electron chi connectivity index (χ0n) is 65.3. The van der Waals surface area contributed by atoms with Crippen molar-refractivity contribution in [1.82, 2.24) is 40.7 Å². The van der Waals surface area contributed by atoms with Gasteiger partial charge in [0.2, 0.25) is 36.1 Å². The number of aryl methyl sites for hydroxylation is 1. The Kier molecular flexibility index (Phi) is 39.3. The summed E-state index contributed by atoms with van der Waals surface area (Å²) >= 11 is 64.8. The fourth-order valence-corrected chi connectivity index (χ4v) is 16.1. The van der Waals surface area contributed by atoms with Crippen LogP contribution in [0.4, 0.5) is 11.9 Å². The first-order chi connectivity index (χ1) is 56.9. The molecule has 8 aliphatic rings. The van der Waals surface area contributed by atoms with E-state index in [9.17, 15) is 22.8 Å². The van der Waals surface area contributed by atoms with Crippen LogP contribution < -0.4 is 26.3 Å². The number of fused-ring (bicyclic) bond motifs is 3. The number of rotatable bonds is 16. The van der Waals surface area contributed by atoms with Crippen LogP contribution in [0.15, 0.2) is 133 Å². The number of hydrogen-bond acceptors (Lipinski definition) is 24. The van der Waals surface area contributed by atoms with Gasteiger partial charge in [0, 0.05) is 139 Å². The molecule has 25 nitrogen and oxygen atoms in total. The van der Waals surface area contributed by atoms with Crippen molar-refractivity contribution in [1.29, 1.82) is 5.26 Å². The van der Waals surface area contributed by atoms with E-state index in [1.165, 1.54) is 67.2 Å². The number of sulfone groups is 1. The van der Waals surface area contributed by atoms with Gasteiger partial charge in [0.05, 0.1) is 105 Å². The summed E-state index contributed by atoms with van der Waals surface area (Å²) in [6.45, 7) is 16.4. The number of ether oxygens (including phenoxy) is 3. The van der Waals surface area contributed by atoms with Crippen LogP contribution in [0, 0.1) is 35.0 Å². The maximum absolute atomic E-state index is 11.7. The van der Waals surface area contributed by atoms with E-state index in [0.29, 0.717) is 116 Å². The van der Waals surface area contributed by atoms with Gasteiger partial charge in [-0.3, -0.25) is 14.8 Å². The zero-order chi connectivity index (χ0) is 88.6. The number of benzene rings is 5. The number of aromatic nitrogens is 6. The van der Waals surface area contributed by atoms with Crippen molar-refractivity contribution in [3.05, 3.63) is 223 Å². The molecule has 120 heavy (non-hydrogen) atoms. The summed E-state index contributed by atoms with van der Waals surface area (Å²) in [6, 6.07) is 30.5. The molecule has 0 spiro atoms. The van der Waals surface area contributed by atoms with Gasteiger partial charge in [-0.15, -0.1) is 11.6 Å². The molecule has 1 amide bonds. The van der Waals surface area contributed by atoms with E-state index in [1.54, 1.807) is 36.7 Å². The number of alkyl halides is 1. The Bertz CT molecular complexity index is 5050. The number of esters is 2. The quantitative estimate of drug-likeness (QED) is 0.0114. The number of halogens is 13. The van der Waals surface area contributed by atoms with Gasteiger partial charge in [-0.1, -0.05) is 153 Å². The number of piperidine rings is 3. The minimum Gasteiger partial charge on any atom is -0.463 e. The molecule has 5 aromatic carbocycles. The van der Waals surface area contributed by atoms with Gasteiger partial charge in [0.15, 0.2) is 0 Å². The van der Waals surface area contributed by atoms with E-state index < -0.39 is 30.9 Å². The summed E-state index contributed by atoms with van der Waals surface area (Å²) < 4.78 is 45.2. The Labute approximate surface area is 762 Å². The number of carbonyl (C=O) groups is 3. The van der Waals surface area contributed by atoms with Crippen molar-refractivity contribution in [2.45, 2.75) is 112 Å². The van der Waals surface area contributed by atoms with E-state index in [4.69, 9.17) is 172 Å². The number of nitrogens with one attached hydrogen (secondary N) is 2. The molecule has 8 fully saturated rings. The average Bonchev–Trinajstić information content (AvgIpc) is 1.53. The topological polar surface area (TPSA) is 366 Å². The minimum absolute atomic E-state index is 0.0255. The maximum Gasteiger partial charge on any atom is 0.373 e. The van der Waals surface area contributed by atoms with E-state index in [0.717, 1.165) is 100 Å². The Balaban J connectivity index is 0.000000194. The lowest BCUT2D eigenvalue weighted by atomic mass is 9.93. The molecule has 8 aromatic rings. The number of epoxide rings is 1. The molecule has 40 heteroatoms. The summed E-state index contributed by atoms with van der Waals surface area (Å²) in [6.07, 6.45) is 16.4. The molecule has 4 aliphatic heterocycles. The van der Waals surface area contributed by atoms with Crippen molar-refractivity contribution in [3.8, 4) is 6.07 Å². The van der Waals surface area contributed by atoms with Crippen LogP contribution in [0.3, 0.4) is 0 Å². The molecule has 7 heterocycles. The highest BCUT2D eigenvalue weighted by Crippen LogP contribution is 2.62. The molecule has 646 valence electrons. The number of carbonyl (C=O) groups excluding carboxylic acids is 5. The highest BCUT2D eigenvalue weighted by atomic mass is 36.0. The van der Waals surface area contributed by atoms with Gasteiger partial charge in [0.1, 0.15) is 0 Å². The Morgan fingerprint density at radius 2 is 1.07 bits per heavy atom. The fraction of sp³-hybridized carbons (Fsp3) is 0.412. The second kappa shape index (κ2) is 46.7. The number of hydrogen-bond donors (Lipinski definition) is 5. The predicted octanol–water partition coefficient (Wildman–Crippen LogP) is 17.0. The zero-order valence-corrected chi connectivity index (χ0v) is 76.8. The third-order valence-electron chi connectivity index (χ3n) is 20.5. The highest BCUT2D eigenvalue weighted by molar-refractivity contribution is 8.26. The molecule has 16 rings (SSSR count). The van der Waals surface area contributed by atoms with Crippen LogP contribution in [-0.2, 0) is 82.2 Å². The van der Waals surface area contributed by atoms with Crippen LogP contribution in [-0.4, -0.2) is 167 Å². The van der Waals surface area contributed by atoms with Crippen molar-refractivity contribution < 1.29 is 61.1 Å². The Morgan fingerprint density at radius 3 is 1.39 bits per heavy atom. The molecule has 0 radical (unpaired) electrons. The number of hydroxylamine groups is 1. The van der Waals surface area contributed by atoms with Crippen molar-refractivity contribution in [3.63, 3.8) is 0 Å². The fourth-order valence-electron chi connectivity index (χ4n) is 13.9. The summed E-state index contributed by atoms with van der Waals surface area (Å²) in [5.41, 5.74) is 15.1. The third kappa shape index (κ3) is 28.5. The number of amides is 1. The van der Waals surface area contributed by atoms with Crippen LogP contribution in [0.25, 0.3) is 0 Å². The second-order valence-electron chi connectivity index (χ2n) is 28.8. The number of aliphatic hydroxyl groups is 1. The second-order valence-corrected chi connectivity index (χ2v) is 37.7. The smallest absolute Gasteiger partial charge is 0.373 e. The van der Waals surface area contributed by atoms with Crippen molar-refractivity contribution in [2.24, 2.45) is 29.4 Å². The lowest BCUT2D eigenvalue weighted by molar-refractivity contribution is -0.191. The number of anilines is 2. The number of nitrogens with zero attached hydrogens (tertiary/aromatic N) is 9. The number of nitriles is 1. The van der Waals surface area contributed by atoms with E-state index in [1.807, 2.05) is 81.4 Å². The van der Waals surface area contributed by atoms with Gasteiger partial charge in [-0.2, -0.15) is 14.9 Å². The van der Waals surface area contributed by atoms with Gasteiger partial charge in [-0.05, 0) is 177 Å². The summed E-state index contributed by atoms with van der Waals surface area (Å²) in [7, 11) is 4.11. The lowest BCUT2D eigenvalue weighted by Gasteiger charge is -2.21. The Morgan fingerprint density at radius 1 is 0.658 bits per heavy atom. The van der Waals surface area contributed by atoms with Crippen molar-refractivity contribution >= 4 is 204 Å². The third-order valence-corrected chi connectivity index (χ3v) is 25.4. The SMILES string of the molecule is CC(=O)OC(C)C.CCOC(=O)c1cnc(N2C[C@H]3C[C@@]3(c3ccc(Cl)c(Cl)c3)C2)nc1.CCc1cnc(S(C)(=O)=O)nc1.ClC[C@@H]1CO1.Clc1ccc([C@]23CNC[C@H]2C3)cc1Cl.N#CCc1ccc(Cl)c(Cl)c1.NC[C@]1(c2ccc(Cl)c(Cl)c2)C[C@@H]1CO.O=C(NO)c1cnc(N2C[C@H]3C[C@@]3(c3ccc(Cl)c(Cl)c3)C2)nc1.O=C=O.O=S(Cl)Cl. The first-order valence-corrected chi connectivity index (χ1v) is 45.9. The molecule has 0 unspecified atom stereocenters. The molecule has 6 N–H and O–H groups in total. The van der Waals surface area contributed by atoms with Gasteiger partial charge in [-0.25, -0.2) is 52.8 Å². The lowest BCUT2D eigenvalue weighted by Crippen LogP contribution is -2.28. The van der Waals surface area contributed by atoms with Crippen LogP contribution in [0.2, 0.25) is 50.2 Å². The average molecular weight is 1950 g/mol. The van der Waals surface area contributed by atoms with E-state index in [-0.39, 0.29) is 57.7 Å². The normalized spacial score (nSPS) is 21.9. The summed E-state index contributed by atoms with van der Waals surface area (Å²) in [5.74, 6) is 2.84. The van der Waals surface area contributed by atoms with Gasteiger partial charge >= 0.3 is 18.1 Å². The molecule has 4 saturated carbocycles. The first kappa shape index (κ1) is 101. The number of aliphatic hydroxyl groups excluding tert-OH is 1. The van der Waals surface area contributed by atoms with Crippen molar-refractivity contribution in [2.75, 3.05) is 87.6 Å². The maximum atomic E-state index is 11.7. The largest absolute Gasteiger partial charge is 0.463 e. The minimum atomic E-state index is -3.25. The predicted molar refractivity (Wildman–Crippen MR) is 470 cm³/mol. The van der Waals surface area contributed by atoms with Crippen LogP contribution in [0.1, 0.15) is 114 Å². The molecule has 4 aliphatic carbocycles. The highest BCUT2D eigenvalue weighted by Gasteiger charge is 2.63. The van der Waals surface area contributed by atoms with Crippen LogP contribution in [0.5, 0.6) is 0 Å². The summed E-state index contributed by atoms with van der Waals surface area (Å²) in [4.78, 5) is 78.2. The molecule has 9 atom stereocenters.